The van der Waals surface area contributed by atoms with Crippen molar-refractivity contribution in [3.8, 4) is 6.07 Å². The summed E-state index contributed by atoms with van der Waals surface area (Å²) in [6.45, 7) is 1.90. The van der Waals surface area contributed by atoms with Crippen molar-refractivity contribution in [3.05, 3.63) is 95.6 Å². The Kier molecular flexibility index (Phi) is 5.46. The van der Waals surface area contributed by atoms with Gasteiger partial charge in [0.2, 0.25) is 0 Å². The fourth-order valence-electron chi connectivity index (χ4n) is 3.60. The number of hydrogen-bond acceptors (Lipinski definition) is 3. The van der Waals surface area contributed by atoms with Gasteiger partial charge in [-0.2, -0.15) is 18.4 Å². The molecule has 0 aliphatic rings. The van der Waals surface area contributed by atoms with Gasteiger partial charge in [0.1, 0.15) is 6.33 Å². The minimum atomic E-state index is -4.42. The molecule has 0 bridgehead atoms. The molecular weight excluding hydrogens is 363 g/mol. The Morgan fingerprint density at radius 2 is 1.50 bits per heavy atom. The third kappa shape index (κ3) is 3.61. The molecule has 0 spiro atoms. The van der Waals surface area contributed by atoms with Crippen LogP contribution in [0.4, 0.5) is 13.2 Å². The molecule has 3 aromatic rings. The van der Waals surface area contributed by atoms with Crippen LogP contribution in [0.2, 0.25) is 0 Å². The summed E-state index contributed by atoms with van der Waals surface area (Å²) in [6.07, 6.45) is 0.657. The van der Waals surface area contributed by atoms with Crippen LogP contribution >= 0.6 is 0 Å². The highest BCUT2D eigenvalue weighted by molar-refractivity contribution is 5.46. The molecule has 0 aliphatic carbocycles. The normalized spacial score (nSPS) is 14.7. The molecule has 0 amide bonds. The van der Waals surface area contributed by atoms with Gasteiger partial charge in [-0.25, -0.2) is 9.97 Å². The van der Waals surface area contributed by atoms with Crippen molar-refractivity contribution in [1.82, 2.24) is 9.97 Å². The lowest BCUT2D eigenvalue weighted by molar-refractivity contribution is -0.137. The maximum absolute atomic E-state index is 13.0. The molecule has 1 aromatic heterocycles. The van der Waals surface area contributed by atoms with Crippen LogP contribution in [0.25, 0.3) is 0 Å². The second-order valence-corrected chi connectivity index (χ2v) is 6.53. The molecule has 142 valence electrons. The Labute approximate surface area is 161 Å². The summed E-state index contributed by atoms with van der Waals surface area (Å²) in [5.41, 5.74) is 0.377. The second-order valence-electron chi connectivity index (χ2n) is 6.53. The monoisotopic (exact) mass is 381 g/mol. The van der Waals surface area contributed by atoms with Crippen LogP contribution in [0.15, 0.2) is 73.3 Å². The molecule has 3 nitrogen and oxygen atoms in total. The van der Waals surface area contributed by atoms with Gasteiger partial charge in [0, 0.05) is 18.3 Å². The first-order chi connectivity index (χ1) is 13.4. The van der Waals surface area contributed by atoms with E-state index in [9.17, 15) is 18.4 Å². The predicted octanol–water partition coefficient (Wildman–Crippen LogP) is 5.50. The molecule has 6 heteroatoms. The molecule has 28 heavy (non-hydrogen) atoms. The van der Waals surface area contributed by atoms with E-state index in [0.29, 0.717) is 17.5 Å². The summed E-state index contributed by atoms with van der Waals surface area (Å²) in [5.74, 6) is -0.520. The largest absolute Gasteiger partial charge is 0.416 e. The van der Waals surface area contributed by atoms with Gasteiger partial charge in [0.25, 0.3) is 0 Å². The number of halogens is 3. The van der Waals surface area contributed by atoms with Crippen LogP contribution in [0.1, 0.15) is 41.5 Å². The van der Waals surface area contributed by atoms with E-state index in [1.165, 1.54) is 18.5 Å². The average molecular weight is 381 g/mol. The molecule has 0 saturated carbocycles. The van der Waals surface area contributed by atoms with E-state index in [4.69, 9.17) is 0 Å². The van der Waals surface area contributed by atoms with Crippen molar-refractivity contribution < 1.29 is 13.2 Å². The zero-order chi connectivity index (χ0) is 20.2. The number of aromatic nitrogens is 2. The number of benzene rings is 2. The van der Waals surface area contributed by atoms with Crippen molar-refractivity contribution in [1.29, 1.82) is 5.26 Å². The summed E-state index contributed by atoms with van der Waals surface area (Å²) >= 11 is 0. The lowest BCUT2D eigenvalue weighted by Crippen LogP contribution is -2.32. The number of nitriles is 1. The standard InChI is InChI=1S/C22H18F3N3/c1-2-21(14-26,18-6-4-3-5-7-18)20(17-12-27-15-28-13-17)16-8-10-19(11-9-16)22(23,24)25/h3-13,15,20H,2H2,1H3. The fraction of sp³-hybridized carbons (Fsp3) is 0.227. The quantitative estimate of drug-likeness (QED) is 0.586. The minimum Gasteiger partial charge on any atom is -0.245 e. The second kappa shape index (κ2) is 7.81. The molecular formula is C22H18F3N3. The van der Waals surface area contributed by atoms with E-state index in [0.717, 1.165) is 17.7 Å². The summed E-state index contributed by atoms with van der Waals surface area (Å²) in [4.78, 5) is 8.13. The van der Waals surface area contributed by atoms with Gasteiger partial charge >= 0.3 is 6.18 Å². The van der Waals surface area contributed by atoms with Gasteiger partial charge in [0.15, 0.2) is 0 Å². The van der Waals surface area contributed by atoms with Crippen LogP contribution < -0.4 is 0 Å². The van der Waals surface area contributed by atoms with Crippen molar-refractivity contribution in [2.24, 2.45) is 0 Å². The first-order valence-electron chi connectivity index (χ1n) is 8.81. The Morgan fingerprint density at radius 1 is 0.893 bits per heavy atom. The molecule has 0 aliphatic heterocycles. The third-order valence-corrected chi connectivity index (χ3v) is 5.02. The van der Waals surface area contributed by atoms with E-state index in [1.54, 1.807) is 12.4 Å². The first kappa shape index (κ1) is 19.6. The predicted molar refractivity (Wildman–Crippen MR) is 99.3 cm³/mol. The lowest BCUT2D eigenvalue weighted by atomic mass is 9.65. The van der Waals surface area contributed by atoms with Crippen molar-refractivity contribution in [2.75, 3.05) is 0 Å². The number of rotatable bonds is 5. The summed E-state index contributed by atoms with van der Waals surface area (Å²) in [6, 6.07) is 16.7. The average Bonchev–Trinajstić information content (AvgIpc) is 2.73. The van der Waals surface area contributed by atoms with Gasteiger partial charge in [0.05, 0.1) is 17.0 Å². The Morgan fingerprint density at radius 3 is 2.00 bits per heavy atom. The van der Waals surface area contributed by atoms with Gasteiger partial charge in [-0.05, 0) is 35.2 Å². The molecule has 2 aromatic carbocycles. The number of nitrogens with zero attached hydrogens (tertiary/aromatic N) is 3. The molecule has 2 unspecified atom stereocenters. The fourth-order valence-corrected chi connectivity index (χ4v) is 3.60. The van der Waals surface area contributed by atoms with Gasteiger partial charge < -0.3 is 0 Å². The number of alkyl halides is 3. The van der Waals surface area contributed by atoms with Crippen LogP contribution in [-0.4, -0.2) is 9.97 Å². The molecule has 3 rings (SSSR count). The van der Waals surface area contributed by atoms with Crippen LogP contribution in [-0.2, 0) is 11.6 Å². The highest BCUT2D eigenvalue weighted by Crippen LogP contribution is 2.45. The third-order valence-electron chi connectivity index (χ3n) is 5.02. The maximum atomic E-state index is 13.0. The van der Waals surface area contributed by atoms with Gasteiger partial charge in [-0.1, -0.05) is 49.4 Å². The highest BCUT2D eigenvalue weighted by atomic mass is 19.4. The van der Waals surface area contributed by atoms with Gasteiger partial charge in [-0.3, -0.25) is 0 Å². The maximum Gasteiger partial charge on any atom is 0.416 e. The molecule has 0 radical (unpaired) electrons. The highest BCUT2D eigenvalue weighted by Gasteiger charge is 2.42. The Hall–Kier alpha value is -3.20. The first-order valence-corrected chi connectivity index (χ1v) is 8.81. The molecule has 0 fully saturated rings. The van der Waals surface area contributed by atoms with Gasteiger partial charge in [-0.15, -0.1) is 0 Å². The summed E-state index contributed by atoms with van der Waals surface area (Å²) in [7, 11) is 0. The van der Waals surface area contributed by atoms with Crippen LogP contribution in [0.3, 0.4) is 0 Å². The lowest BCUT2D eigenvalue weighted by Gasteiger charge is -2.35. The van der Waals surface area contributed by atoms with Crippen molar-refractivity contribution >= 4 is 0 Å². The van der Waals surface area contributed by atoms with Crippen molar-refractivity contribution in [2.45, 2.75) is 30.9 Å². The van der Waals surface area contributed by atoms with Crippen LogP contribution in [0.5, 0.6) is 0 Å². The molecule has 0 N–H and O–H groups in total. The topological polar surface area (TPSA) is 49.6 Å². The van der Waals surface area contributed by atoms with E-state index in [-0.39, 0.29) is 0 Å². The smallest absolute Gasteiger partial charge is 0.245 e. The number of hydrogen-bond donors (Lipinski definition) is 0. The summed E-state index contributed by atoms with van der Waals surface area (Å²) < 4.78 is 39.0. The minimum absolute atomic E-state index is 0.466. The van der Waals surface area contributed by atoms with E-state index < -0.39 is 23.1 Å². The molecule has 1 heterocycles. The van der Waals surface area contributed by atoms with E-state index in [1.807, 2.05) is 37.3 Å². The molecule has 0 saturated heterocycles. The van der Waals surface area contributed by atoms with E-state index in [2.05, 4.69) is 16.0 Å². The van der Waals surface area contributed by atoms with E-state index >= 15 is 0 Å². The Bertz CT molecular complexity index is 948. The zero-order valence-electron chi connectivity index (χ0n) is 15.2. The summed E-state index contributed by atoms with van der Waals surface area (Å²) in [5, 5.41) is 10.2. The molecule has 2 atom stereocenters. The van der Waals surface area contributed by atoms with Crippen molar-refractivity contribution in [3.63, 3.8) is 0 Å². The SMILES string of the molecule is CCC(C#N)(c1ccccc1)C(c1ccc(C(F)(F)F)cc1)c1cncnc1. The zero-order valence-corrected chi connectivity index (χ0v) is 15.2. The Balaban J connectivity index is 2.21. The van der Waals surface area contributed by atoms with Crippen LogP contribution in [0, 0.1) is 11.3 Å².